The predicted octanol–water partition coefficient (Wildman–Crippen LogP) is 7.13. The zero-order valence-corrected chi connectivity index (χ0v) is 17.2. The Bertz CT molecular complexity index is 289. The first-order chi connectivity index (χ1) is 12.1. The molecule has 0 rings (SSSR count). The molecule has 0 aliphatic carbocycles. The summed E-state index contributed by atoms with van der Waals surface area (Å²) in [5.41, 5.74) is 0. The molecule has 0 fully saturated rings. The molecule has 0 heterocycles. The number of hydrogen-bond donors (Lipinski definition) is 1. The summed E-state index contributed by atoms with van der Waals surface area (Å²) in [5.74, 6) is -0.754. The van der Waals surface area contributed by atoms with Gasteiger partial charge in [0.2, 0.25) is 0 Å². The highest BCUT2D eigenvalue weighted by Gasteiger charge is 2.14. The Balaban J connectivity index is 3.35. The zero-order valence-electron chi connectivity index (χ0n) is 17.2. The summed E-state index contributed by atoms with van der Waals surface area (Å²) >= 11 is 0. The Morgan fingerprint density at radius 1 is 0.760 bits per heavy atom. The van der Waals surface area contributed by atoms with Crippen LogP contribution < -0.4 is 0 Å². The second kappa shape index (κ2) is 18.2. The number of rotatable bonds is 19. The number of hydrogen-bond acceptors (Lipinski definition) is 2. The van der Waals surface area contributed by atoms with E-state index in [0.717, 1.165) is 12.8 Å². The van der Waals surface area contributed by atoms with E-state index >= 15 is 0 Å². The van der Waals surface area contributed by atoms with E-state index in [0.29, 0.717) is 0 Å². The maximum atomic E-state index is 10.9. The van der Waals surface area contributed by atoms with Crippen molar-refractivity contribution in [3.8, 4) is 0 Å². The number of carbonyl (C=O) groups is 1. The molecule has 0 aromatic heterocycles. The highest BCUT2D eigenvalue weighted by molar-refractivity contribution is 5.67. The number of carboxylic acid groups (broad SMARTS) is 1. The molecule has 0 bridgehead atoms. The molecule has 1 atom stereocenters. The molecule has 0 aromatic carbocycles. The lowest BCUT2D eigenvalue weighted by Crippen LogP contribution is -2.21. The number of unbranched alkanes of at least 4 members (excludes halogenated alkanes) is 13. The second-order valence-corrected chi connectivity index (χ2v) is 7.79. The molecule has 0 aliphatic rings. The molecule has 25 heavy (non-hydrogen) atoms. The van der Waals surface area contributed by atoms with Crippen molar-refractivity contribution in [3.63, 3.8) is 0 Å². The first-order valence-electron chi connectivity index (χ1n) is 10.9. The lowest BCUT2D eigenvalue weighted by atomic mass is 10.0. The van der Waals surface area contributed by atoms with Gasteiger partial charge in [-0.25, -0.2) is 0 Å². The van der Waals surface area contributed by atoms with Crippen LogP contribution in [0.3, 0.4) is 0 Å². The van der Waals surface area contributed by atoms with E-state index in [2.05, 4.69) is 6.92 Å². The maximum absolute atomic E-state index is 10.9. The zero-order chi connectivity index (χ0) is 18.8. The summed E-state index contributed by atoms with van der Waals surface area (Å²) in [6.45, 7) is 6.22. The minimum atomic E-state index is -0.754. The molecule has 0 amide bonds. The normalized spacial score (nSPS) is 12.6. The van der Waals surface area contributed by atoms with Gasteiger partial charge in [-0.1, -0.05) is 96.8 Å². The van der Waals surface area contributed by atoms with Crippen molar-refractivity contribution in [2.45, 2.75) is 136 Å². The minimum absolute atomic E-state index is 0.107. The van der Waals surface area contributed by atoms with Crippen LogP contribution in [0, 0.1) is 0 Å². The second-order valence-electron chi connectivity index (χ2n) is 7.79. The van der Waals surface area contributed by atoms with Gasteiger partial charge in [0.1, 0.15) is 0 Å². The lowest BCUT2D eigenvalue weighted by Gasteiger charge is -2.18. The molecule has 150 valence electrons. The highest BCUT2D eigenvalue weighted by Crippen LogP contribution is 2.16. The molecular formula is C22H44O3. The van der Waals surface area contributed by atoms with E-state index in [1.165, 1.54) is 83.5 Å². The average Bonchev–Trinajstić information content (AvgIpc) is 2.54. The van der Waals surface area contributed by atoms with Crippen LogP contribution in [0.2, 0.25) is 0 Å². The van der Waals surface area contributed by atoms with Crippen molar-refractivity contribution in [1.82, 2.24) is 0 Å². The van der Waals surface area contributed by atoms with Crippen molar-refractivity contribution in [2.24, 2.45) is 0 Å². The fourth-order valence-electron chi connectivity index (χ4n) is 3.36. The minimum Gasteiger partial charge on any atom is -0.481 e. The molecule has 1 N–H and O–H groups in total. The Hall–Kier alpha value is -0.570. The van der Waals surface area contributed by atoms with Crippen LogP contribution in [0.15, 0.2) is 0 Å². The summed E-state index contributed by atoms with van der Waals surface area (Å²) in [6.07, 6.45) is 19.9. The molecule has 0 saturated carbocycles. The van der Waals surface area contributed by atoms with Crippen LogP contribution in [-0.4, -0.2) is 23.3 Å². The van der Waals surface area contributed by atoms with E-state index in [1.54, 1.807) is 0 Å². The molecule has 0 saturated heterocycles. The molecule has 0 aliphatic heterocycles. The van der Waals surface area contributed by atoms with Gasteiger partial charge >= 0.3 is 5.97 Å². The van der Waals surface area contributed by atoms with Crippen LogP contribution in [0.4, 0.5) is 0 Å². The Morgan fingerprint density at radius 2 is 1.16 bits per heavy atom. The van der Waals surface area contributed by atoms with Gasteiger partial charge in [0, 0.05) is 0 Å². The maximum Gasteiger partial charge on any atom is 0.305 e. The lowest BCUT2D eigenvalue weighted by molar-refractivity contribution is -0.141. The van der Waals surface area contributed by atoms with Gasteiger partial charge in [-0.3, -0.25) is 4.79 Å². The summed E-state index contributed by atoms with van der Waals surface area (Å²) in [6, 6.07) is 0. The molecule has 0 aromatic rings. The van der Waals surface area contributed by atoms with Gasteiger partial charge in [0.15, 0.2) is 0 Å². The van der Waals surface area contributed by atoms with E-state index in [1.807, 2.05) is 13.8 Å². The molecule has 0 spiro atoms. The SMILES string of the molecule is CCCCCCCCCCCCCCCCC(CC(=O)O)OC(C)C. The standard InChI is InChI=1S/C22H44O3/c1-4-5-6-7-8-9-10-11-12-13-14-15-16-17-18-21(19-22(23)24)25-20(2)3/h20-21H,4-19H2,1-3H3,(H,23,24). The van der Waals surface area contributed by atoms with Crippen LogP contribution in [0.5, 0.6) is 0 Å². The van der Waals surface area contributed by atoms with Gasteiger partial charge < -0.3 is 9.84 Å². The summed E-state index contributed by atoms with van der Waals surface area (Å²) in [4.78, 5) is 10.9. The van der Waals surface area contributed by atoms with E-state index in [4.69, 9.17) is 9.84 Å². The Labute approximate surface area is 156 Å². The third-order valence-electron chi connectivity index (χ3n) is 4.75. The molecule has 3 nitrogen and oxygen atoms in total. The van der Waals surface area contributed by atoms with Crippen molar-refractivity contribution < 1.29 is 14.6 Å². The Morgan fingerprint density at radius 3 is 1.52 bits per heavy atom. The smallest absolute Gasteiger partial charge is 0.305 e. The molecular weight excluding hydrogens is 312 g/mol. The molecule has 3 heteroatoms. The first-order valence-corrected chi connectivity index (χ1v) is 10.9. The summed E-state index contributed by atoms with van der Waals surface area (Å²) in [7, 11) is 0. The highest BCUT2D eigenvalue weighted by atomic mass is 16.5. The van der Waals surface area contributed by atoms with Crippen molar-refractivity contribution in [2.75, 3.05) is 0 Å². The fourth-order valence-corrected chi connectivity index (χ4v) is 3.36. The van der Waals surface area contributed by atoms with Gasteiger partial charge in [-0.2, -0.15) is 0 Å². The molecule has 0 radical (unpaired) electrons. The Kier molecular flexibility index (Phi) is 17.8. The van der Waals surface area contributed by atoms with E-state index in [9.17, 15) is 4.79 Å². The topological polar surface area (TPSA) is 46.5 Å². The van der Waals surface area contributed by atoms with Gasteiger partial charge in [0.05, 0.1) is 18.6 Å². The van der Waals surface area contributed by atoms with Crippen molar-refractivity contribution in [1.29, 1.82) is 0 Å². The van der Waals surface area contributed by atoms with Crippen molar-refractivity contribution in [3.05, 3.63) is 0 Å². The number of aliphatic carboxylic acids is 1. The predicted molar refractivity (Wildman–Crippen MR) is 107 cm³/mol. The van der Waals surface area contributed by atoms with E-state index < -0.39 is 5.97 Å². The average molecular weight is 357 g/mol. The van der Waals surface area contributed by atoms with Gasteiger partial charge in [-0.05, 0) is 20.3 Å². The van der Waals surface area contributed by atoms with Gasteiger partial charge in [-0.15, -0.1) is 0 Å². The number of carboxylic acids is 1. The summed E-state index contributed by atoms with van der Waals surface area (Å²) < 4.78 is 5.69. The summed E-state index contributed by atoms with van der Waals surface area (Å²) in [5, 5.41) is 8.93. The van der Waals surface area contributed by atoms with Crippen LogP contribution in [-0.2, 0) is 9.53 Å². The van der Waals surface area contributed by atoms with Crippen molar-refractivity contribution >= 4 is 5.97 Å². The largest absolute Gasteiger partial charge is 0.481 e. The third-order valence-corrected chi connectivity index (χ3v) is 4.75. The molecule has 1 unspecified atom stereocenters. The van der Waals surface area contributed by atoms with Crippen LogP contribution in [0.25, 0.3) is 0 Å². The quantitative estimate of drug-likeness (QED) is 0.250. The van der Waals surface area contributed by atoms with Gasteiger partial charge in [0.25, 0.3) is 0 Å². The monoisotopic (exact) mass is 356 g/mol. The van der Waals surface area contributed by atoms with Crippen LogP contribution >= 0.6 is 0 Å². The number of ether oxygens (including phenoxy) is 1. The first kappa shape index (κ1) is 24.4. The fraction of sp³-hybridized carbons (Fsp3) is 0.955. The van der Waals surface area contributed by atoms with Crippen LogP contribution in [0.1, 0.15) is 124 Å². The third kappa shape index (κ3) is 19.6. The van der Waals surface area contributed by atoms with E-state index in [-0.39, 0.29) is 18.6 Å².